The molecule has 1 atom stereocenters. The Kier molecular flexibility index (Phi) is 5.80. The van der Waals surface area contributed by atoms with Gasteiger partial charge >= 0.3 is 0 Å². The van der Waals surface area contributed by atoms with Crippen LogP contribution in [0.3, 0.4) is 0 Å². The number of nitrogens with one attached hydrogen (secondary N) is 1. The van der Waals surface area contributed by atoms with Crippen LogP contribution in [0.15, 0.2) is 0 Å². The maximum atomic E-state index is 12.3. The second kappa shape index (κ2) is 7.85. The molecular weight excluding hydrogens is 358 g/mol. The number of carbonyl (C=O) groups excluding carboxylic acids is 1. The molecule has 7 heteroatoms. The lowest BCUT2D eigenvalue weighted by atomic mass is 9.89. The van der Waals surface area contributed by atoms with E-state index < -0.39 is 0 Å². The van der Waals surface area contributed by atoms with Gasteiger partial charge in [0.05, 0.1) is 11.3 Å². The molecule has 24 heavy (non-hydrogen) atoms. The van der Waals surface area contributed by atoms with E-state index in [0.717, 1.165) is 42.2 Å². The summed E-state index contributed by atoms with van der Waals surface area (Å²) in [6.07, 6.45) is 5.43. The molecule has 3 rings (SSSR count). The van der Waals surface area contributed by atoms with Gasteiger partial charge in [0.2, 0.25) is 5.91 Å². The minimum Gasteiger partial charge on any atom is -0.358 e. The van der Waals surface area contributed by atoms with Gasteiger partial charge in [0, 0.05) is 18.0 Å². The van der Waals surface area contributed by atoms with Gasteiger partial charge in [-0.25, -0.2) is 0 Å². The zero-order chi connectivity index (χ0) is 17.1. The molecule has 0 saturated carbocycles. The fourth-order valence-corrected chi connectivity index (χ4v) is 5.67. The summed E-state index contributed by atoms with van der Waals surface area (Å²) in [5, 5.41) is 13.1. The first kappa shape index (κ1) is 17.7. The number of fused-ring (bicyclic) bond motifs is 1. The van der Waals surface area contributed by atoms with Gasteiger partial charge in [-0.2, -0.15) is 5.26 Å². The Morgan fingerprint density at radius 1 is 1.50 bits per heavy atom. The monoisotopic (exact) mass is 379 g/mol. The van der Waals surface area contributed by atoms with Gasteiger partial charge < -0.3 is 10.2 Å². The minimum absolute atomic E-state index is 0.0790. The fourth-order valence-electron chi connectivity index (χ4n) is 3.24. The van der Waals surface area contributed by atoms with E-state index in [1.54, 1.807) is 11.3 Å². The Morgan fingerprint density at radius 2 is 2.25 bits per heavy atom. The third-order valence-corrected chi connectivity index (χ3v) is 7.26. The van der Waals surface area contributed by atoms with Crippen LogP contribution < -0.4 is 5.32 Å². The summed E-state index contributed by atoms with van der Waals surface area (Å²) in [6.45, 7) is 4.24. The summed E-state index contributed by atoms with van der Waals surface area (Å²) in [4.78, 5) is 15.7. The van der Waals surface area contributed by atoms with Crippen LogP contribution in [0.2, 0.25) is 0 Å². The number of hydrogen-bond acceptors (Lipinski definition) is 5. The number of carbonyl (C=O) groups is 1. The number of hydrogen-bond donors (Lipinski definition) is 1. The zero-order valence-corrected chi connectivity index (χ0v) is 16.2. The Morgan fingerprint density at radius 3 is 2.96 bits per heavy atom. The van der Waals surface area contributed by atoms with Gasteiger partial charge in [-0.1, -0.05) is 30.9 Å². The number of nitriles is 1. The number of likely N-dealkylation sites (tertiary alicyclic amines) is 1. The van der Waals surface area contributed by atoms with Crippen LogP contribution >= 0.6 is 35.3 Å². The number of thioether (sulfide) groups is 1. The van der Waals surface area contributed by atoms with Crippen molar-refractivity contribution in [1.82, 2.24) is 4.90 Å². The molecule has 0 bridgehead atoms. The summed E-state index contributed by atoms with van der Waals surface area (Å²) in [7, 11) is 0. The van der Waals surface area contributed by atoms with E-state index in [4.69, 9.17) is 12.2 Å². The Bertz CT molecular complexity index is 686. The van der Waals surface area contributed by atoms with Crippen molar-refractivity contribution in [2.75, 3.05) is 24.2 Å². The van der Waals surface area contributed by atoms with Crippen molar-refractivity contribution in [3.05, 3.63) is 16.0 Å². The fraction of sp³-hybridized carbons (Fsp3) is 0.588. The molecule has 1 aliphatic heterocycles. The van der Waals surface area contributed by atoms with E-state index in [-0.39, 0.29) is 5.91 Å². The number of anilines is 1. The summed E-state index contributed by atoms with van der Waals surface area (Å²) in [5.74, 6) is 0.878. The van der Waals surface area contributed by atoms with Gasteiger partial charge in [-0.3, -0.25) is 4.79 Å². The molecule has 1 fully saturated rings. The lowest BCUT2D eigenvalue weighted by Gasteiger charge is -2.17. The van der Waals surface area contributed by atoms with Gasteiger partial charge in [0.25, 0.3) is 0 Å². The predicted octanol–water partition coefficient (Wildman–Crippen LogP) is 3.80. The van der Waals surface area contributed by atoms with E-state index in [0.29, 0.717) is 22.2 Å². The molecule has 128 valence electrons. The molecule has 1 aromatic rings. The molecular formula is C17H21N3OS3. The summed E-state index contributed by atoms with van der Waals surface area (Å²) < 4.78 is 0.808. The maximum Gasteiger partial charge on any atom is 0.235 e. The van der Waals surface area contributed by atoms with Gasteiger partial charge in [0.1, 0.15) is 15.4 Å². The van der Waals surface area contributed by atoms with Crippen molar-refractivity contribution in [3.63, 3.8) is 0 Å². The summed E-state index contributed by atoms with van der Waals surface area (Å²) in [5.41, 5.74) is 1.82. The van der Waals surface area contributed by atoms with Crippen molar-refractivity contribution >= 4 is 50.5 Å². The molecule has 2 aliphatic rings. The largest absolute Gasteiger partial charge is 0.358 e. The smallest absolute Gasteiger partial charge is 0.235 e. The SMILES string of the molecule is C[C@@H]1CCc2c(sc(NC(=O)CSC(=S)N3CCCC3)c2C#N)C1. The molecule has 1 aromatic heterocycles. The number of nitrogens with zero attached hydrogens (tertiary/aromatic N) is 2. The van der Waals surface area contributed by atoms with Gasteiger partial charge in [-0.15, -0.1) is 11.3 Å². The third-order valence-electron chi connectivity index (χ3n) is 4.57. The van der Waals surface area contributed by atoms with E-state index in [1.165, 1.54) is 29.5 Å². The molecule has 0 radical (unpaired) electrons. The lowest BCUT2D eigenvalue weighted by Crippen LogP contribution is -2.25. The average Bonchev–Trinajstić information content (AvgIpc) is 3.19. The standard InChI is InChI=1S/C17H21N3OS3/c1-11-4-5-12-13(9-18)16(24-14(12)8-11)19-15(21)10-23-17(22)20-6-2-3-7-20/h11H,2-8,10H2,1H3,(H,19,21)/t11-/m1/s1. The topological polar surface area (TPSA) is 56.1 Å². The minimum atomic E-state index is -0.0790. The molecule has 4 nitrogen and oxygen atoms in total. The first-order valence-electron chi connectivity index (χ1n) is 8.34. The maximum absolute atomic E-state index is 12.3. The highest BCUT2D eigenvalue weighted by Gasteiger charge is 2.25. The highest BCUT2D eigenvalue weighted by molar-refractivity contribution is 8.23. The van der Waals surface area contributed by atoms with Crippen molar-refractivity contribution < 1.29 is 4.79 Å². The molecule has 1 amide bonds. The van der Waals surface area contributed by atoms with Crippen LogP contribution in [0.1, 0.15) is 42.2 Å². The van der Waals surface area contributed by atoms with Crippen molar-refractivity contribution in [1.29, 1.82) is 5.26 Å². The van der Waals surface area contributed by atoms with E-state index in [9.17, 15) is 10.1 Å². The Labute approximate surface area is 156 Å². The molecule has 0 unspecified atom stereocenters. The van der Waals surface area contributed by atoms with Crippen LogP contribution in [-0.4, -0.2) is 34.0 Å². The van der Waals surface area contributed by atoms with E-state index >= 15 is 0 Å². The number of thiophene rings is 1. The summed E-state index contributed by atoms with van der Waals surface area (Å²) in [6, 6.07) is 2.29. The van der Waals surface area contributed by atoms with Gasteiger partial charge in [0.15, 0.2) is 0 Å². The normalized spacial score (nSPS) is 19.7. The average molecular weight is 380 g/mol. The van der Waals surface area contributed by atoms with Crippen molar-refractivity contribution in [2.45, 2.75) is 39.0 Å². The number of rotatable bonds is 3. The molecule has 1 N–H and O–H groups in total. The number of amides is 1. The number of thiocarbonyl (C=S) groups is 1. The quantitative estimate of drug-likeness (QED) is 0.810. The zero-order valence-electron chi connectivity index (χ0n) is 13.8. The van der Waals surface area contributed by atoms with Crippen molar-refractivity contribution in [2.24, 2.45) is 5.92 Å². The molecule has 1 saturated heterocycles. The lowest BCUT2D eigenvalue weighted by molar-refractivity contribution is -0.113. The summed E-state index contributed by atoms with van der Waals surface area (Å²) >= 11 is 8.38. The predicted molar refractivity (Wildman–Crippen MR) is 105 cm³/mol. The van der Waals surface area contributed by atoms with Crippen LogP contribution in [0, 0.1) is 17.2 Å². The van der Waals surface area contributed by atoms with Crippen LogP contribution in [0.4, 0.5) is 5.00 Å². The van der Waals surface area contributed by atoms with Crippen LogP contribution in [-0.2, 0) is 17.6 Å². The highest BCUT2D eigenvalue weighted by Crippen LogP contribution is 2.39. The highest BCUT2D eigenvalue weighted by atomic mass is 32.2. The van der Waals surface area contributed by atoms with Crippen LogP contribution in [0.25, 0.3) is 0 Å². The molecule has 0 spiro atoms. The Balaban J connectivity index is 1.60. The second-order valence-corrected chi connectivity index (χ2v) is 9.18. The van der Waals surface area contributed by atoms with E-state index in [2.05, 4.69) is 23.2 Å². The van der Waals surface area contributed by atoms with E-state index in [1.807, 2.05) is 0 Å². The second-order valence-electron chi connectivity index (χ2n) is 6.46. The first-order chi connectivity index (χ1) is 11.6. The molecule has 2 heterocycles. The van der Waals surface area contributed by atoms with Crippen molar-refractivity contribution in [3.8, 4) is 6.07 Å². The van der Waals surface area contributed by atoms with Gasteiger partial charge in [-0.05, 0) is 43.6 Å². The molecule has 1 aliphatic carbocycles. The molecule has 0 aromatic carbocycles. The van der Waals surface area contributed by atoms with Crippen LogP contribution in [0.5, 0.6) is 0 Å². The first-order valence-corrected chi connectivity index (χ1v) is 10.6. The third kappa shape index (κ3) is 3.93. The Hall–Kier alpha value is -1.10.